The summed E-state index contributed by atoms with van der Waals surface area (Å²) in [6.07, 6.45) is 2.36. The third kappa shape index (κ3) is 3.13. The standard InChI is InChI=1S/C25H30N2O3/c1-6-16(2)27-21(12-14-23(27)28)24-18-9-7-8-10-20(18)26(3)25(24)19-15-17(29-4)11-13-22(19)30-5/h7-11,13,15-16,21H,6,12,14H2,1-5H3/t16-,21+/m0/s1. The minimum absolute atomic E-state index is 0.0458. The average Bonchev–Trinajstić information content (AvgIpc) is 3.30. The zero-order valence-electron chi connectivity index (χ0n) is 18.4. The number of aryl methyl sites for hydroxylation is 1. The molecular formula is C25H30N2O3. The summed E-state index contributed by atoms with van der Waals surface area (Å²) in [5.41, 5.74) is 4.41. The molecule has 5 nitrogen and oxygen atoms in total. The van der Waals surface area contributed by atoms with Gasteiger partial charge in [-0.3, -0.25) is 4.79 Å². The molecule has 2 atom stereocenters. The van der Waals surface area contributed by atoms with Crippen LogP contribution in [0.1, 0.15) is 44.7 Å². The number of hydrogen-bond donors (Lipinski definition) is 0. The third-order valence-corrected chi connectivity index (χ3v) is 6.46. The van der Waals surface area contributed by atoms with Gasteiger partial charge < -0.3 is 18.9 Å². The number of amides is 1. The van der Waals surface area contributed by atoms with Crippen LogP contribution in [-0.4, -0.2) is 35.6 Å². The Hall–Kier alpha value is -2.95. The van der Waals surface area contributed by atoms with Gasteiger partial charge in [-0.25, -0.2) is 0 Å². The average molecular weight is 407 g/mol. The molecule has 158 valence electrons. The predicted molar refractivity (Wildman–Crippen MR) is 120 cm³/mol. The number of rotatable bonds is 6. The number of benzene rings is 2. The summed E-state index contributed by atoms with van der Waals surface area (Å²) in [5.74, 6) is 1.82. The molecule has 1 aromatic heterocycles. The zero-order chi connectivity index (χ0) is 21.4. The smallest absolute Gasteiger partial charge is 0.223 e. The molecule has 4 rings (SSSR count). The lowest BCUT2D eigenvalue weighted by atomic mass is 9.95. The van der Waals surface area contributed by atoms with E-state index in [-0.39, 0.29) is 18.0 Å². The highest BCUT2D eigenvalue weighted by Gasteiger charge is 2.38. The van der Waals surface area contributed by atoms with Crippen molar-refractivity contribution in [1.82, 2.24) is 9.47 Å². The fourth-order valence-electron chi connectivity index (χ4n) is 4.82. The summed E-state index contributed by atoms with van der Waals surface area (Å²) >= 11 is 0. The van der Waals surface area contributed by atoms with Crippen LogP contribution in [0.5, 0.6) is 11.5 Å². The first-order valence-electron chi connectivity index (χ1n) is 10.6. The monoisotopic (exact) mass is 406 g/mol. The van der Waals surface area contributed by atoms with Crippen molar-refractivity contribution in [3.8, 4) is 22.8 Å². The highest BCUT2D eigenvalue weighted by molar-refractivity contribution is 5.95. The number of para-hydroxylation sites is 1. The Morgan fingerprint density at radius 1 is 1.13 bits per heavy atom. The van der Waals surface area contributed by atoms with Crippen molar-refractivity contribution in [3.05, 3.63) is 48.0 Å². The Morgan fingerprint density at radius 3 is 2.60 bits per heavy atom. The van der Waals surface area contributed by atoms with E-state index in [1.165, 1.54) is 10.9 Å². The number of methoxy groups -OCH3 is 2. The summed E-state index contributed by atoms with van der Waals surface area (Å²) in [5, 5.41) is 1.19. The van der Waals surface area contributed by atoms with Crippen LogP contribution in [0.4, 0.5) is 0 Å². The molecule has 3 aromatic rings. The number of fused-ring (bicyclic) bond motifs is 1. The molecule has 0 N–H and O–H groups in total. The van der Waals surface area contributed by atoms with Crippen molar-refractivity contribution >= 4 is 16.8 Å². The number of likely N-dealkylation sites (tertiary alicyclic amines) is 1. The molecule has 0 spiro atoms. The first kappa shape index (κ1) is 20.3. The molecule has 1 amide bonds. The van der Waals surface area contributed by atoms with Crippen molar-refractivity contribution < 1.29 is 14.3 Å². The van der Waals surface area contributed by atoms with Gasteiger partial charge in [0.25, 0.3) is 0 Å². The van der Waals surface area contributed by atoms with Crippen molar-refractivity contribution in [2.75, 3.05) is 14.2 Å². The first-order valence-corrected chi connectivity index (χ1v) is 10.6. The van der Waals surface area contributed by atoms with Crippen LogP contribution in [0, 0.1) is 0 Å². The van der Waals surface area contributed by atoms with E-state index in [2.05, 4.69) is 54.6 Å². The zero-order valence-corrected chi connectivity index (χ0v) is 18.4. The van der Waals surface area contributed by atoms with Gasteiger partial charge in [0.1, 0.15) is 11.5 Å². The van der Waals surface area contributed by atoms with Gasteiger partial charge in [-0.1, -0.05) is 25.1 Å². The van der Waals surface area contributed by atoms with Gasteiger partial charge in [-0.15, -0.1) is 0 Å². The molecule has 1 fully saturated rings. The van der Waals surface area contributed by atoms with Gasteiger partial charge in [-0.2, -0.15) is 0 Å². The molecule has 5 heteroatoms. The normalized spacial score (nSPS) is 17.6. The van der Waals surface area contributed by atoms with Crippen LogP contribution in [-0.2, 0) is 11.8 Å². The molecular weight excluding hydrogens is 376 g/mol. The Balaban J connectivity index is 2.03. The third-order valence-electron chi connectivity index (χ3n) is 6.46. The number of ether oxygens (including phenoxy) is 2. The fourth-order valence-corrected chi connectivity index (χ4v) is 4.82. The maximum Gasteiger partial charge on any atom is 0.223 e. The summed E-state index contributed by atoms with van der Waals surface area (Å²) < 4.78 is 13.5. The SMILES string of the molecule is CC[C@H](C)N1C(=O)CC[C@@H]1c1c(-c2cc(OC)ccc2OC)n(C)c2ccccc12. The molecule has 0 aliphatic carbocycles. The van der Waals surface area contributed by atoms with Crippen LogP contribution in [0.2, 0.25) is 0 Å². The second-order valence-electron chi connectivity index (χ2n) is 8.02. The predicted octanol–water partition coefficient (Wildman–Crippen LogP) is 5.32. The molecule has 0 bridgehead atoms. The van der Waals surface area contributed by atoms with Crippen molar-refractivity contribution in [2.24, 2.45) is 7.05 Å². The largest absolute Gasteiger partial charge is 0.497 e. The van der Waals surface area contributed by atoms with Crippen molar-refractivity contribution in [1.29, 1.82) is 0 Å². The van der Waals surface area contributed by atoms with E-state index in [4.69, 9.17) is 9.47 Å². The van der Waals surface area contributed by atoms with E-state index in [0.29, 0.717) is 6.42 Å². The van der Waals surface area contributed by atoms with Gasteiger partial charge in [0.2, 0.25) is 5.91 Å². The van der Waals surface area contributed by atoms with Gasteiger partial charge in [-0.05, 0) is 44.0 Å². The molecule has 2 aromatic carbocycles. The highest BCUT2D eigenvalue weighted by Crippen LogP contribution is 2.47. The van der Waals surface area contributed by atoms with Crippen molar-refractivity contribution in [3.63, 3.8) is 0 Å². The van der Waals surface area contributed by atoms with E-state index in [1.54, 1.807) is 14.2 Å². The van der Waals surface area contributed by atoms with Crippen LogP contribution in [0.15, 0.2) is 42.5 Å². The van der Waals surface area contributed by atoms with E-state index in [9.17, 15) is 4.79 Å². The molecule has 1 saturated heterocycles. The highest BCUT2D eigenvalue weighted by atomic mass is 16.5. The van der Waals surface area contributed by atoms with Crippen LogP contribution < -0.4 is 9.47 Å². The Kier molecular flexibility index (Phi) is 5.46. The summed E-state index contributed by atoms with van der Waals surface area (Å²) in [6.45, 7) is 4.29. The summed E-state index contributed by atoms with van der Waals surface area (Å²) in [7, 11) is 5.46. The first-order chi connectivity index (χ1) is 14.5. The minimum Gasteiger partial charge on any atom is -0.497 e. The Labute approximate surface area is 178 Å². The lowest BCUT2D eigenvalue weighted by Crippen LogP contribution is -2.35. The lowest BCUT2D eigenvalue weighted by Gasteiger charge is -2.31. The number of aromatic nitrogens is 1. The molecule has 0 unspecified atom stereocenters. The quantitative estimate of drug-likeness (QED) is 0.556. The lowest BCUT2D eigenvalue weighted by molar-refractivity contribution is -0.131. The van der Waals surface area contributed by atoms with Gasteiger partial charge in [0.05, 0.1) is 26.0 Å². The number of carbonyl (C=O) groups excluding carboxylic acids is 1. The van der Waals surface area contributed by atoms with Gasteiger partial charge >= 0.3 is 0 Å². The van der Waals surface area contributed by atoms with E-state index >= 15 is 0 Å². The van der Waals surface area contributed by atoms with Crippen LogP contribution >= 0.6 is 0 Å². The van der Waals surface area contributed by atoms with Gasteiger partial charge in [0, 0.05) is 41.5 Å². The van der Waals surface area contributed by atoms with E-state index in [1.807, 2.05) is 18.2 Å². The summed E-state index contributed by atoms with van der Waals surface area (Å²) in [4.78, 5) is 14.9. The van der Waals surface area contributed by atoms with Crippen LogP contribution in [0.3, 0.4) is 0 Å². The number of nitrogens with zero attached hydrogens (tertiary/aromatic N) is 2. The van der Waals surface area contributed by atoms with E-state index < -0.39 is 0 Å². The molecule has 1 aliphatic heterocycles. The number of hydrogen-bond acceptors (Lipinski definition) is 3. The minimum atomic E-state index is 0.0458. The Bertz CT molecular complexity index is 1090. The molecule has 30 heavy (non-hydrogen) atoms. The molecule has 2 heterocycles. The van der Waals surface area contributed by atoms with Crippen molar-refractivity contribution in [2.45, 2.75) is 45.2 Å². The summed E-state index contributed by atoms with van der Waals surface area (Å²) in [6, 6.07) is 14.6. The Morgan fingerprint density at radius 2 is 1.90 bits per heavy atom. The number of carbonyl (C=O) groups is 1. The second kappa shape index (κ2) is 8.05. The topological polar surface area (TPSA) is 43.7 Å². The fraction of sp³-hybridized carbons (Fsp3) is 0.400. The molecule has 0 saturated carbocycles. The van der Waals surface area contributed by atoms with Crippen LogP contribution in [0.25, 0.3) is 22.2 Å². The maximum absolute atomic E-state index is 12.8. The van der Waals surface area contributed by atoms with E-state index in [0.717, 1.165) is 41.1 Å². The molecule has 0 radical (unpaired) electrons. The molecule has 1 aliphatic rings. The second-order valence-corrected chi connectivity index (χ2v) is 8.02. The van der Waals surface area contributed by atoms with Gasteiger partial charge in [0.15, 0.2) is 0 Å². The maximum atomic E-state index is 12.8.